The van der Waals surface area contributed by atoms with Crippen LogP contribution in [-0.2, 0) is 0 Å². The average molecular weight is 221 g/mol. The maximum absolute atomic E-state index is 12.5. The van der Waals surface area contributed by atoms with Crippen LogP contribution in [0.1, 0.15) is 13.8 Å². The van der Waals surface area contributed by atoms with Crippen LogP contribution in [-0.4, -0.2) is 6.10 Å². The third-order valence-corrected chi connectivity index (χ3v) is 1.44. The van der Waals surface area contributed by atoms with Crippen molar-refractivity contribution in [3.8, 4) is 5.75 Å². The van der Waals surface area contributed by atoms with Crippen molar-refractivity contribution in [1.29, 1.82) is 0 Å². The standard InChI is InChI=1S/C9H13FN2O.ClH/c1-7(2)13-9-5-3-4-8(6-9)12(10)11;/h3-7H,11H2,1-2H3;1H. The van der Waals surface area contributed by atoms with E-state index in [1.165, 1.54) is 0 Å². The van der Waals surface area contributed by atoms with E-state index >= 15 is 0 Å². The number of anilines is 1. The normalized spacial score (nSPS) is 9.50. The van der Waals surface area contributed by atoms with Crippen molar-refractivity contribution in [2.45, 2.75) is 20.0 Å². The largest absolute Gasteiger partial charge is 0.491 e. The Kier molecular flexibility index (Phi) is 5.27. The highest BCUT2D eigenvalue weighted by Gasteiger charge is 2.02. The molecule has 0 heterocycles. The van der Waals surface area contributed by atoms with Gasteiger partial charge < -0.3 is 4.74 Å². The Hall–Kier alpha value is -1.00. The number of hydrogen-bond acceptors (Lipinski definition) is 3. The minimum atomic E-state index is 0. The van der Waals surface area contributed by atoms with Gasteiger partial charge in [0.05, 0.1) is 11.8 Å². The number of nitrogens with two attached hydrogens (primary N) is 1. The second-order valence-electron chi connectivity index (χ2n) is 2.98. The maximum atomic E-state index is 12.5. The molecule has 0 aliphatic carbocycles. The lowest BCUT2D eigenvalue weighted by Crippen LogP contribution is -2.19. The van der Waals surface area contributed by atoms with E-state index in [0.717, 1.165) is 0 Å². The molecule has 0 saturated heterocycles. The van der Waals surface area contributed by atoms with Gasteiger partial charge in [-0.2, -0.15) is 0 Å². The molecule has 0 atom stereocenters. The van der Waals surface area contributed by atoms with Crippen molar-refractivity contribution in [3.05, 3.63) is 24.3 Å². The lowest BCUT2D eigenvalue weighted by Gasteiger charge is -2.12. The summed E-state index contributed by atoms with van der Waals surface area (Å²) in [6.07, 6.45) is 0.0704. The lowest BCUT2D eigenvalue weighted by molar-refractivity contribution is 0.242. The molecular weight excluding hydrogens is 207 g/mol. The van der Waals surface area contributed by atoms with Crippen LogP contribution in [0.25, 0.3) is 0 Å². The Morgan fingerprint density at radius 3 is 2.57 bits per heavy atom. The predicted molar refractivity (Wildman–Crippen MR) is 57.2 cm³/mol. The van der Waals surface area contributed by atoms with E-state index in [0.29, 0.717) is 5.75 Å². The molecule has 0 amide bonds. The molecule has 0 aromatic heterocycles. The van der Waals surface area contributed by atoms with Gasteiger partial charge >= 0.3 is 0 Å². The molecule has 2 N–H and O–H groups in total. The third kappa shape index (κ3) is 3.81. The minimum absolute atomic E-state index is 0. The molecule has 0 radical (unpaired) electrons. The van der Waals surface area contributed by atoms with Gasteiger partial charge in [-0.15, -0.1) is 17.6 Å². The molecule has 1 rings (SSSR count). The quantitative estimate of drug-likeness (QED) is 0.483. The average Bonchev–Trinajstić information content (AvgIpc) is 2.03. The molecule has 0 bridgehead atoms. The summed E-state index contributed by atoms with van der Waals surface area (Å²) in [5.41, 5.74) is 0.276. The second kappa shape index (κ2) is 5.67. The molecule has 0 fully saturated rings. The number of benzene rings is 1. The molecule has 5 heteroatoms. The summed E-state index contributed by atoms with van der Waals surface area (Å²) in [4.78, 5) is 0. The van der Waals surface area contributed by atoms with E-state index < -0.39 is 0 Å². The molecule has 1 aromatic rings. The Morgan fingerprint density at radius 2 is 2.07 bits per heavy atom. The molecule has 80 valence electrons. The number of nitrogens with zero attached hydrogens (tertiary/aromatic N) is 1. The molecule has 0 spiro atoms. The Bertz CT molecular complexity index is 281. The van der Waals surface area contributed by atoms with Gasteiger partial charge in [-0.1, -0.05) is 10.5 Å². The van der Waals surface area contributed by atoms with E-state index in [1.54, 1.807) is 24.3 Å². The van der Waals surface area contributed by atoms with Gasteiger partial charge in [0.2, 0.25) is 0 Å². The topological polar surface area (TPSA) is 38.5 Å². The molecule has 0 aliphatic heterocycles. The van der Waals surface area contributed by atoms with Crippen LogP contribution in [0.2, 0.25) is 0 Å². The first-order chi connectivity index (χ1) is 6.09. The summed E-state index contributed by atoms with van der Waals surface area (Å²) in [5, 5.41) is 0.0627. The first-order valence-electron chi connectivity index (χ1n) is 4.07. The monoisotopic (exact) mass is 220 g/mol. The number of halogens is 2. The van der Waals surface area contributed by atoms with Crippen LogP contribution < -0.4 is 15.8 Å². The fourth-order valence-electron chi connectivity index (χ4n) is 0.962. The summed E-state index contributed by atoms with van der Waals surface area (Å²) >= 11 is 0. The summed E-state index contributed by atoms with van der Waals surface area (Å²) in [6.45, 7) is 3.81. The van der Waals surface area contributed by atoms with Crippen molar-refractivity contribution < 1.29 is 9.22 Å². The first-order valence-corrected chi connectivity index (χ1v) is 4.07. The summed E-state index contributed by atoms with van der Waals surface area (Å²) in [5.74, 6) is 5.54. The molecule has 1 aromatic carbocycles. The number of hydrazine groups is 1. The molecule has 0 saturated carbocycles. The molecule has 0 unspecified atom stereocenters. The summed E-state index contributed by atoms with van der Waals surface area (Å²) in [6, 6.07) is 6.55. The van der Waals surface area contributed by atoms with Gasteiger partial charge in [0.1, 0.15) is 5.75 Å². The SMILES string of the molecule is CC(C)Oc1cccc(N(N)F)c1.Cl. The van der Waals surface area contributed by atoms with Gasteiger partial charge in [0.15, 0.2) is 0 Å². The van der Waals surface area contributed by atoms with Crippen LogP contribution in [0, 0.1) is 0 Å². The predicted octanol–water partition coefficient (Wildman–Crippen LogP) is 2.46. The van der Waals surface area contributed by atoms with E-state index in [-0.39, 0.29) is 29.4 Å². The van der Waals surface area contributed by atoms with Crippen LogP contribution >= 0.6 is 12.4 Å². The Balaban J connectivity index is 0.00000169. The number of hydrogen-bond donors (Lipinski definition) is 1. The van der Waals surface area contributed by atoms with Crippen LogP contribution in [0.4, 0.5) is 10.2 Å². The van der Waals surface area contributed by atoms with Crippen molar-refractivity contribution in [2.75, 3.05) is 5.23 Å². The zero-order valence-corrected chi connectivity index (χ0v) is 8.92. The van der Waals surface area contributed by atoms with E-state index in [4.69, 9.17) is 10.6 Å². The number of rotatable bonds is 3. The lowest BCUT2D eigenvalue weighted by atomic mass is 10.3. The fourth-order valence-corrected chi connectivity index (χ4v) is 0.962. The van der Waals surface area contributed by atoms with Crippen LogP contribution in [0.3, 0.4) is 0 Å². The number of ether oxygens (including phenoxy) is 1. The van der Waals surface area contributed by atoms with Gasteiger partial charge in [0, 0.05) is 6.07 Å². The second-order valence-corrected chi connectivity index (χ2v) is 2.98. The maximum Gasteiger partial charge on any atom is 0.121 e. The Labute approximate surface area is 89.0 Å². The minimum Gasteiger partial charge on any atom is -0.491 e. The van der Waals surface area contributed by atoms with Crippen molar-refractivity contribution >= 4 is 18.1 Å². The zero-order valence-electron chi connectivity index (χ0n) is 8.11. The Morgan fingerprint density at radius 1 is 1.43 bits per heavy atom. The zero-order chi connectivity index (χ0) is 9.84. The van der Waals surface area contributed by atoms with Gasteiger partial charge in [-0.25, -0.2) is 5.84 Å². The van der Waals surface area contributed by atoms with Gasteiger partial charge in [-0.05, 0) is 26.0 Å². The van der Waals surface area contributed by atoms with Crippen LogP contribution in [0.5, 0.6) is 5.75 Å². The van der Waals surface area contributed by atoms with E-state index in [1.807, 2.05) is 13.8 Å². The van der Waals surface area contributed by atoms with Gasteiger partial charge in [-0.3, -0.25) is 0 Å². The highest BCUT2D eigenvalue weighted by molar-refractivity contribution is 5.85. The van der Waals surface area contributed by atoms with Crippen molar-refractivity contribution in [1.82, 2.24) is 0 Å². The fraction of sp³-hybridized carbons (Fsp3) is 0.333. The molecule has 0 aliphatic rings. The molecule has 14 heavy (non-hydrogen) atoms. The molecule has 3 nitrogen and oxygen atoms in total. The van der Waals surface area contributed by atoms with E-state index in [2.05, 4.69) is 0 Å². The summed E-state index contributed by atoms with van der Waals surface area (Å²) < 4.78 is 17.9. The smallest absolute Gasteiger partial charge is 0.121 e. The summed E-state index contributed by atoms with van der Waals surface area (Å²) in [7, 11) is 0. The van der Waals surface area contributed by atoms with Crippen LogP contribution in [0.15, 0.2) is 24.3 Å². The first kappa shape index (κ1) is 13.0. The molecular formula is C9H14ClFN2O. The third-order valence-electron chi connectivity index (χ3n) is 1.44. The highest BCUT2D eigenvalue weighted by Crippen LogP contribution is 2.20. The van der Waals surface area contributed by atoms with Crippen molar-refractivity contribution in [2.24, 2.45) is 5.84 Å². The highest BCUT2D eigenvalue weighted by atomic mass is 35.5. The van der Waals surface area contributed by atoms with Gasteiger partial charge in [0.25, 0.3) is 0 Å². The van der Waals surface area contributed by atoms with E-state index in [9.17, 15) is 4.48 Å². The van der Waals surface area contributed by atoms with Crippen molar-refractivity contribution in [3.63, 3.8) is 0 Å².